The molecular weight excluding hydrogens is 448 g/mol. The summed E-state index contributed by atoms with van der Waals surface area (Å²) in [6, 6.07) is -1.51. The van der Waals surface area contributed by atoms with Crippen molar-refractivity contribution in [3.05, 3.63) is 25.3 Å². The molecule has 0 radical (unpaired) electrons. The third kappa shape index (κ3) is 4.22. The highest BCUT2D eigenvalue weighted by Crippen LogP contribution is 2.65. The molecular formula is C27H42N2O6. The van der Waals surface area contributed by atoms with Crippen LogP contribution in [0.2, 0.25) is 0 Å². The molecule has 3 saturated heterocycles. The van der Waals surface area contributed by atoms with Gasteiger partial charge in [0, 0.05) is 13.1 Å². The molecule has 2 amide bonds. The molecule has 0 saturated carbocycles. The highest BCUT2D eigenvalue weighted by molar-refractivity contribution is 5.98. The van der Waals surface area contributed by atoms with Crippen molar-refractivity contribution in [2.24, 2.45) is 23.7 Å². The van der Waals surface area contributed by atoms with Crippen LogP contribution in [0.1, 0.15) is 53.9 Å². The highest BCUT2D eigenvalue weighted by Gasteiger charge is 2.80. The maximum Gasteiger partial charge on any atom is 0.313 e. The highest BCUT2D eigenvalue weighted by atomic mass is 16.6. The molecule has 196 valence electrons. The van der Waals surface area contributed by atoms with Gasteiger partial charge in [0.05, 0.1) is 24.2 Å². The summed E-state index contributed by atoms with van der Waals surface area (Å²) in [4.78, 5) is 44.9. The fourth-order valence-corrected chi connectivity index (χ4v) is 6.49. The van der Waals surface area contributed by atoms with Crippen LogP contribution < -0.4 is 0 Å². The van der Waals surface area contributed by atoms with Crippen LogP contribution >= 0.6 is 0 Å². The molecule has 0 aromatic carbocycles. The minimum atomic E-state index is -1.16. The standard InChI is InChI=1S/C27H42N2O6/c1-8-11-13-28(12-9-2)24(32)22-27-15-18(6)26(7,35-27)21(25(33)34-14-10-3)20(27)23(31)29(22)19(16-30)17(4)5/h9-10,17-22,30H,2-3,8,11-16H2,1,4-7H3/t18?,19-,20-,21-,22?,26+,27?/m0/s1. The Morgan fingerprint density at radius 3 is 2.57 bits per heavy atom. The number of hydrogen-bond donors (Lipinski definition) is 1. The number of hydrogen-bond acceptors (Lipinski definition) is 6. The number of aliphatic hydroxyl groups is 1. The molecule has 7 atom stereocenters. The van der Waals surface area contributed by atoms with Gasteiger partial charge in [-0.05, 0) is 31.6 Å². The quantitative estimate of drug-likeness (QED) is 0.334. The molecule has 2 bridgehead atoms. The van der Waals surface area contributed by atoms with Crippen LogP contribution in [0.5, 0.6) is 0 Å². The summed E-state index contributed by atoms with van der Waals surface area (Å²) in [6.07, 6.45) is 5.38. The molecule has 8 heteroatoms. The lowest BCUT2D eigenvalue weighted by atomic mass is 9.62. The minimum absolute atomic E-state index is 0.0369. The van der Waals surface area contributed by atoms with Gasteiger partial charge < -0.3 is 24.4 Å². The van der Waals surface area contributed by atoms with Crippen molar-refractivity contribution < 1.29 is 29.0 Å². The number of aliphatic hydroxyl groups excluding tert-OH is 1. The van der Waals surface area contributed by atoms with E-state index in [-0.39, 0.29) is 36.9 Å². The van der Waals surface area contributed by atoms with E-state index < -0.39 is 41.1 Å². The molecule has 3 aliphatic rings. The number of carbonyl (C=O) groups is 3. The Labute approximate surface area is 209 Å². The van der Waals surface area contributed by atoms with E-state index in [0.717, 1.165) is 12.8 Å². The SMILES string of the molecule is C=CCOC(=O)[C@@H]1[C@H]2C(=O)N([C@@H](CO)C(C)C)C(C(=O)N(CC=C)CCCC)C23CC(C)[C@@]1(C)O3. The molecule has 0 aromatic rings. The normalized spacial score (nSPS) is 34.1. The van der Waals surface area contributed by atoms with E-state index in [9.17, 15) is 19.5 Å². The van der Waals surface area contributed by atoms with Gasteiger partial charge in [0.2, 0.25) is 11.8 Å². The number of likely N-dealkylation sites (tertiary alicyclic amines) is 1. The summed E-state index contributed by atoms with van der Waals surface area (Å²) in [6.45, 7) is 17.8. The van der Waals surface area contributed by atoms with Gasteiger partial charge in [0.25, 0.3) is 0 Å². The molecule has 0 aromatic heterocycles. The van der Waals surface area contributed by atoms with Crippen molar-refractivity contribution in [2.45, 2.75) is 77.2 Å². The van der Waals surface area contributed by atoms with Crippen LogP contribution in [0, 0.1) is 23.7 Å². The van der Waals surface area contributed by atoms with Crippen LogP contribution in [0.25, 0.3) is 0 Å². The van der Waals surface area contributed by atoms with Crippen molar-refractivity contribution >= 4 is 17.8 Å². The zero-order chi connectivity index (χ0) is 26.1. The Kier molecular flexibility index (Phi) is 8.16. The lowest BCUT2D eigenvalue weighted by Gasteiger charge is -2.40. The molecule has 35 heavy (non-hydrogen) atoms. The number of fused-ring (bicyclic) bond motifs is 1. The number of rotatable bonds is 12. The number of unbranched alkanes of at least 4 members (excludes halogenated alkanes) is 1. The van der Waals surface area contributed by atoms with Crippen molar-refractivity contribution in [1.82, 2.24) is 9.80 Å². The average molecular weight is 491 g/mol. The number of carbonyl (C=O) groups excluding carboxylic acids is 3. The fraction of sp³-hybridized carbons (Fsp3) is 0.741. The molecule has 8 nitrogen and oxygen atoms in total. The van der Waals surface area contributed by atoms with Gasteiger partial charge >= 0.3 is 5.97 Å². The second-order valence-electron chi connectivity index (χ2n) is 10.8. The van der Waals surface area contributed by atoms with Crippen LogP contribution in [-0.2, 0) is 23.9 Å². The lowest BCUT2D eigenvalue weighted by molar-refractivity contribution is -0.163. The summed E-state index contributed by atoms with van der Waals surface area (Å²) in [5, 5.41) is 10.3. The molecule has 3 unspecified atom stereocenters. The third-order valence-corrected chi connectivity index (χ3v) is 8.34. The summed E-state index contributed by atoms with van der Waals surface area (Å²) < 4.78 is 12.1. The van der Waals surface area contributed by atoms with Crippen LogP contribution in [0.3, 0.4) is 0 Å². The molecule has 0 aliphatic carbocycles. The maximum absolute atomic E-state index is 14.2. The van der Waals surface area contributed by atoms with Crippen LogP contribution in [0.15, 0.2) is 25.3 Å². The van der Waals surface area contributed by atoms with E-state index in [1.807, 2.05) is 27.7 Å². The van der Waals surface area contributed by atoms with Crippen LogP contribution in [-0.4, -0.2) is 82.3 Å². The van der Waals surface area contributed by atoms with E-state index in [4.69, 9.17) is 9.47 Å². The predicted molar refractivity (Wildman–Crippen MR) is 132 cm³/mol. The number of nitrogens with zero attached hydrogens (tertiary/aromatic N) is 2. The molecule has 3 fully saturated rings. The predicted octanol–water partition coefficient (Wildman–Crippen LogP) is 2.56. The molecule has 3 rings (SSSR count). The molecule has 3 heterocycles. The summed E-state index contributed by atoms with van der Waals surface area (Å²) >= 11 is 0. The van der Waals surface area contributed by atoms with E-state index in [1.54, 1.807) is 11.0 Å². The van der Waals surface area contributed by atoms with Crippen molar-refractivity contribution in [3.63, 3.8) is 0 Å². The Morgan fingerprint density at radius 2 is 2.03 bits per heavy atom. The van der Waals surface area contributed by atoms with E-state index in [0.29, 0.717) is 19.5 Å². The fourth-order valence-electron chi connectivity index (χ4n) is 6.49. The summed E-state index contributed by atoms with van der Waals surface area (Å²) in [7, 11) is 0. The number of amides is 2. The maximum atomic E-state index is 14.2. The largest absolute Gasteiger partial charge is 0.461 e. The Bertz CT molecular complexity index is 859. The second-order valence-corrected chi connectivity index (χ2v) is 10.8. The smallest absolute Gasteiger partial charge is 0.313 e. The first-order valence-corrected chi connectivity index (χ1v) is 12.9. The Morgan fingerprint density at radius 1 is 1.34 bits per heavy atom. The van der Waals surface area contributed by atoms with Gasteiger partial charge in [-0.1, -0.05) is 52.8 Å². The topological polar surface area (TPSA) is 96.4 Å². The second kappa shape index (κ2) is 10.4. The van der Waals surface area contributed by atoms with Gasteiger partial charge in [-0.2, -0.15) is 0 Å². The van der Waals surface area contributed by atoms with E-state index in [2.05, 4.69) is 20.1 Å². The average Bonchev–Trinajstić information content (AvgIpc) is 3.32. The zero-order valence-electron chi connectivity index (χ0n) is 21.9. The van der Waals surface area contributed by atoms with Gasteiger partial charge in [-0.15, -0.1) is 6.58 Å². The molecule has 3 aliphatic heterocycles. The third-order valence-electron chi connectivity index (χ3n) is 8.34. The minimum Gasteiger partial charge on any atom is -0.461 e. The van der Waals surface area contributed by atoms with Gasteiger partial charge in [0.15, 0.2) is 0 Å². The Hall–Kier alpha value is -2.19. The lowest BCUT2D eigenvalue weighted by Crippen LogP contribution is -2.59. The first-order valence-electron chi connectivity index (χ1n) is 12.9. The molecule has 1 N–H and O–H groups in total. The zero-order valence-corrected chi connectivity index (χ0v) is 21.9. The van der Waals surface area contributed by atoms with Crippen molar-refractivity contribution in [2.75, 3.05) is 26.3 Å². The van der Waals surface area contributed by atoms with Gasteiger partial charge in [-0.25, -0.2) is 0 Å². The van der Waals surface area contributed by atoms with Crippen molar-refractivity contribution in [3.8, 4) is 0 Å². The first kappa shape index (κ1) is 27.4. The van der Waals surface area contributed by atoms with E-state index in [1.165, 1.54) is 11.0 Å². The van der Waals surface area contributed by atoms with Crippen LogP contribution in [0.4, 0.5) is 0 Å². The summed E-state index contributed by atoms with van der Waals surface area (Å²) in [5.41, 5.74) is -2.09. The van der Waals surface area contributed by atoms with Gasteiger partial charge in [0.1, 0.15) is 24.2 Å². The van der Waals surface area contributed by atoms with E-state index >= 15 is 0 Å². The first-order chi connectivity index (χ1) is 16.5. The Balaban J connectivity index is 2.15. The van der Waals surface area contributed by atoms with Crippen molar-refractivity contribution in [1.29, 1.82) is 0 Å². The monoisotopic (exact) mass is 490 g/mol. The number of ether oxygens (including phenoxy) is 2. The number of esters is 1. The summed E-state index contributed by atoms with van der Waals surface area (Å²) in [5.74, 6) is -2.90. The van der Waals surface area contributed by atoms with Gasteiger partial charge in [-0.3, -0.25) is 14.4 Å². The molecule has 1 spiro atoms.